The van der Waals surface area contributed by atoms with Crippen molar-refractivity contribution in [2.75, 3.05) is 0 Å². The van der Waals surface area contributed by atoms with Gasteiger partial charge in [-0.25, -0.2) is 0 Å². The van der Waals surface area contributed by atoms with E-state index in [1.54, 1.807) is 0 Å². The van der Waals surface area contributed by atoms with Crippen LogP contribution in [0.4, 0.5) is 0 Å². The van der Waals surface area contributed by atoms with Crippen molar-refractivity contribution in [2.24, 2.45) is 5.73 Å². The molecule has 1 atom stereocenters. The van der Waals surface area contributed by atoms with Gasteiger partial charge in [0.25, 0.3) is 0 Å². The van der Waals surface area contributed by atoms with Gasteiger partial charge in [-0.05, 0) is 58.7 Å². The molecule has 0 spiro atoms. The minimum absolute atomic E-state index is 0.0146. The summed E-state index contributed by atoms with van der Waals surface area (Å²) in [7, 11) is 0. The van der Waals surface area contributed by atoms with Gasteiger partial charge in [0.05, 0.1) is 0 Å². The Bertz CT molecular complexity index is 768. The van der Waals surface area contributed by atoms with Gasteiger partial charge in [-0.15, -0.1) is 0 Å². The summed E-state index contributed by atoms with van der Waals surface area (Å²) in [5.41, 5.74) is 8.69. The molecule has 0 radical (unpaired) electrons. The zero-order valence-corrected chi connectivity index (χ0v) is 13.7. The van der Waals surface area contributed by atoms with Crippen molar-refractivity contribution in [3.8, 4) is 0 Å². The molecule has 0 aliphatic rings. The Balaban J connectivity index is 1.85. The number of halogens is 2. The Hall–Kier alpha value is -1.35. The normalized spacial score (nSPS) is 12.5. The van der Waals surface area contributed by atoms with Crippen LogP contribution in [-0.4, -0.2) is 0 Å². The molecule has 0 aromatic heterocycles. The topological polar surface area (TPSA) is 26.0 Å². The molecule has 3 heteroatoms. The lowest BCUT2D eigenvalue weighted by atomic mass is 9.97. The monoisotopic (exact) mass is 359 g/mol. The largest absolute Gasteiger partial charge is 0.324 e. The molecule has 21 heavy (non-hydrogen) atoms. The minimum atomic E-state index is -0.0146. The second-order valence-corrected chi connectivity index (χ2v) is 6.54. The van der Waals surface area contributed by atoms with Crippen molar-refractivity contribution in [1.29, 1.82) is 0 Å². The van der Waals surface area contributed by atoms with Gasteiger partial charge in [0.15, 0.2) is 0 Å². The van der Waals surface area contributed by atoms with Crippen molar-refractivity contribution < 1.29 is 0 Å². The third-order valence-corrected chi connectivity index (χ3v) is 4.37. The van der Waals surface area contributed by atoms with Crippen LogP contribution in [0.3, 0.4) is 0 Å². The highest BCUT2D eigenvalue weighted by Gasteiger charge is 2.08. The maximum absolute atomic E-state index is 6.34. The molecule has 0 saturated carbocycles. The molecule has 3 rings (SSSR count). The average molecular weight is 361 g/mol. The van der Waals surface area contributed by atoms with Crippen LogP contribution < -0.4 is 5.73 Å². The number of nitrogens with two attached hydrogens (primary N) is 1. The van der Waals surface area contributed by atoms with E-state index in [0.29, 0.717) is 0 Å². The Morgan fingerprint density at radius 2 is 1.57 bits per heavy atom. The van der Waals surface area contributed by atoms with Gasteiger partial charge in [0.2, 0.25) is 0 Å². The van der Waals surface area contributed by atoms with Crippen molar-refractivity contribution in [3.05, 3.63) is 81.3 Å². The first-order chi connectivity index (χ1) is 10.1. The molecule has 0 aliphatic heterocycles. The zero-order valence-electron chi connectivity index (χ0n) is 11.4. The van der Waals surface area contributed by atoms with Gasteiger partial charge < -0.3 is 5.73 Å². The summed E-state index contributed by atoms with van der Waals surface area (Å²) in [5.74, 6) is 0. The molecule has 0 heterocycles. The Kier molecular flexibility index (Phi) is 4.29. The fraction of sp³-hybridized carbons (Fsp3) is 0.111. The van der Waals surface area contributed by atoms with Crippen LogP contribution >= 0.6 is 27.5 Å². The summed E-state index contributed by atoms with van der Waals surface area (Å²) in [6, 6.07) is 20.5. The standard InChI is InChI=1S/C18H15BrClN/c19-16-6-5-13-10-15(4-3-14(13)11-16)18(21)9-12-1-7-17(20)8-2-12/h1-8,10-11,18H,9,21H2. The highest BCUT2D eigenvalue weighted by molar-refractivity contribution is 9.10. The van der Waals surface area contributed by atoms with E-state index >= 15 is 0 Å². The molecule has 2 N–H and O–H groups in total. The summed E-state index contributed by atoms with van der Waals surface area (Å²) >= 11 is 9.40. The van der Waals surface area contributed by atoms with E-state index in [9.17, 15) is 0 Å². The van der Waals surface area contributed by atoms with E-state index in [0.717, 1.165) is 21.5 Å². The molecule has 1 unspecified atom stereocenters. The number of benzene rings is 3. The first-order valence-corrected chi connectivity index (χ1v) is 7.98. The molecule has 0 fully saturated rings. The van der Waals surface area contributed by atoms with Crippen LogP contribution in [0.5, 0.6) is 0 Å². The van der Waals surface area contributed by atoms with Gasteiger partial charge in [0.1, 0.15) is 0 Å². The highest BCUT2D eigenvalue weighted by atomic mass is 79.9. The smallest absolute Gasteiger partial charge is 0.0406 e. The Morgan fingerprint density at radius 3 is 2.33 bits per heavy atom. The molecule has 3 aromatic carbocycles. The molecule has 106 valence electrons. The predicted molar refractivity (Wildman–Crippen MR) is 93.7 cm³/mol. The summed E-state index contributed by atoms with van der Waals surface area (Å²) in [5, 5.41) is 3.18. The van der Waals surface area contributed by atoms with Crippen LogP contribution in [0.15, 0.2) is 65.1 Å². The van der Waals surface area contributed by atoms with Crippen LogP contribution in [0.1, 0.15) is 17.2 Å². The number of fused-ring (bicyclic) bond motifs is 1. The molecule has 0 bridgehead atoms. The summed E-state index contributed by atoms with van der Waals surface area (Å²) in [6.07, 6.45) is 0.805. The maximum Gasteiger partial charge on any atom is 0.0406 e. The fourth-order valence-corrected chi connectivity index (χ4v) is 2.96. The maximum atomic E-state index is 6.34. The van der Waals surface area contributed by atoms with E-state index in [-0.39, 0.29) is 6.04 Å². The van der Waals surface area contributed by atoms with Crippen molar-refractivity contribution in [2.45, 2.75) is 12.5 Å². The second kappa shape index (κ2) is 6.18. The van der Waals surface area contributed by atoms with Crippen LogP contribution in [0.2, 0.25) is 5.02 Å². The lowest BCUT2D eigenvalue weighted by Gasteiger charge is -2.13. The minimum Gasteiger partial charge on any atom is -0.324 e. The summed E-state index contributed by atoms with van der Waals surface area (Å²) in [4.78, 5) is 0. The quantitative estimate of drug-likeness (QED) is 0.656. The average Bonchev–Trinajstić information content (AvgIpc) is 2.49. The van der Waals surface area contributed by atoms with E-state index in [1.807, 2.05) is 24.3 Å². The van der Waals surface area contributed by atoms with Crippen molar-refractivity contribution >= 4 is 38.3 Å². The molecule has 0 amide bonds. The second-order valence-electron chi connectivity index (χ2n) is 5.19. The van der Waals surface area contributed by atoms with E-state index in [2.05, 4.69) is 52.3 Å². The molecule has 1 nitrogen and oxygen atoms in total. The Labute approximate surface area is 137 Å². The fourth-order valence-electron chi connectivity index (χ4n) is 2.46. The number of hydrogen-bond acceptors (Lipinski definition) is 1. The summed E-state index contributed by atoms with van der Waals surface area (Å²) < 4.78 is 1.09. The van der Waals surface area contributed by atoms with E-state index in [4.69, 9.17) is 17.3 Å². The van der Waals surface area contributed by atoms with Gasteiger partial charge in [-0.2, -0.15) is 0 Å². The van der Waals surface area contributed by atoms with Gasteiger partial charge in [-0.3, -0.25) is 0 Å². The van der Waals surface area contributed by atoms with Crippen LogP contribution in [0, 0.1) is 0 Å². The third-order valence-electron chi connectivity index (χ3n) is 3.62. The first-order valence-electron chi connectivity index (χ1n) is 6.81. The SMILES string of the molecule is NC(Cc1ccc(Cl)cc1)c1ccc2cc(Br)ccc2c1. The summed E-state index contributed by atoms with van der Waals surface area (Å²) in [6.45, 7) is 0. The zero-order chi connectivity index (χ0) is 14.8. The van der Waals surface area contributed by atoms with Gasteiger partial charge in [0, 0.05) is 15.5 Å². The number of rotatable bonds is 3. The number of hydrogen-bond donors (Lipinski definition) is 1. The van der Waals surface area contributed by atoms with Crippen molar-refractivity contribution in [3.63, 3.8) is 0 Å². The van der Waals surface area contributed by atoms with Crippen LogP contribution in [0.25, 0.3) is 10.8 Å². The lowest BCUT2D eigenvalue weighted by molar-refractivity contribution is 0.723. The first kappa shape index (κ1) is 14.6. The van der Waals surface area contributed by atoms with Crippen LogP contribution in [-0.2, 0) is 6.42 Å². The molecular formula is C18H15BrClN. The predicted octanol–water partition coefficient (Wildman–Crippen LogP) is 5.50. The highest BCUT2D eigenvalue weighted by Crippen LogP contribution is 2.24. The molecule has 0 saturated heterocycles. The lowest BCUT2D eigenvalue weighted by Crippen LogP contribution is -2.13. The molecular weight excluding hydrogens is 346 g/mol. The Morgan fingerprint density at radius 1 is 0.905 bits per heavy atom. The third kappa shape index (κ3) is 3.46. The van der Waals surface area contributed by atoms with Crippen molar-refractivity contribution in [1.82, 2.24) is 0 Å². The molecule has 0 aliphatic carbocycles. The molecule has 3 aromatic rings. The van der Waals surface area contributed by atoms with E-state index < -0.39 is 0 Å². The van der Waals surface area contributed by atoms with Gasteiger partial charge >= 0.3 is 0 Å². The van der Waals surface area contributed by atoms with Gasteiger partial charge in [-0.1, -0.05) is 57.9 Å². The van der Waals surface area contributed by atoms with E-state index in [1.165, 1.54) is 16.3 Å².